The third kappa shape index (κ3) is 24.5. The number of halogens is 2. The first-order valence-corrected chi connectivity index (χ1v) is 1.32. The van der Waals surface area contributed by atoms with Gasteiger partial charge >= 0.3 is 2.85 Å². The Morgan fingerprint density at radius 2 is 1.17 bits per heavy atom. The SMILES string of the molecule is NCCN.[Cl-].[Cl-].[H+].[H+]. The van der Waals surface area contributed by atoms with Crippen molar-refractivity contribution in [1.29, 1.82) is 0 Å². The summed E-state index contributed by atoms with van der Waals surface area (Å²) in [7, 11) is 0. The van der Waals surface area contributed by atoms with Gasteiger partial charge < -0.3 is 36.3 Å². The first-order valence-electron chi connectivity index (χ1n) is 1.32. The summed E-state index contributed by atoms with van der Waals surface area (Å²) >= 11 is 0. The fraction of sp³-hybridized carbons (Fsp3) is 1.00. The molecule has 0 radical (unpaired) electrons. The summed E-state index contributed by atoms with van der Waals surface area (Å²) in [6.45, 7) is 1.19. The van der Waals surface area contributed by atoms with Gasteiger partial charge in [-0.15, -0.1) is 0 Å². The van der Waals surface area contributed by atoms with E-state index < -0.39 is 0 Å². The second-order valence-corrected chi connectivity index (χ2v) is 0.577. The van der Waals surface area contributed by atoms with Gasteiger partial charge in [0.1, 0.15) is 0 Å². The van der Waals surface area contributed by atoms with Crippen molar-refractivity contribution in [1.82, 2.24) is 0 Å². The minimum atomic E-state index is 0. The van der Waals surface area contributed by atoms with Crippen LogP contribution in [0.1, 0.15) is 2.85 Å². The molecule has 0 heterocycles. The fourth-order valence-corrected chi connectivity index (χ4v) is 0. The summed E-state index contributed by atoms with van der Waals surface area (Å²) < 4.78 is 0. The zero-order valence-electron chi connectivity index (χ0n) is 5.32. The number of nitrogens with two attached hydrogens (primary N) is 2. The van der Waals surface area contributed by atoms with Gasteiger partial charge in [0.05, 0.1) is 0 Å². The molecule has 0 atom stereocenters. The minimum absolute atomic E-state index is 0. The second-order valence-electron chi connectivity index (χ2n) is 0.577. The molecule has 6 heavy (non-hydrogen) atoms. The van der Waals surface area contributed by atoms with Crippen molar-refractivity contribution < 1.29 is 27.7 Å². The monoisotopic (exact) mass is 132 g/mol. The number of hydrogen-bond acceptors (Lipinski definition) is 2. The Hall–Kier alpha value is 0.500. The second kappa shape index (κ2) is 17.8. The largest absolute Gasteiger partial charge is 1.00 e. The molecule has 0 aliphatic heterocycles. The van der Waals surface area contributed by atoms with Crippen LogP contribution in [-0.2, 0) is 0 Å². The molecule has 0 saturated heterocycles. The van der Waals surface area contributed by atoms with Crippen LogP contribution in [0.2, 0.25) is 0 Å². The van der Waals surface area contributed by atoms with Crippen LogP contribution >= 0.6 is 0 Å². The predicted octanol–water partition coefficient (Wildman–Crippen LogP) is -6.86. The Balaban J connectivity index is -0.00000000750. The van der Waals surface area contributed by atoms with Gasteiger partial charge in [0.25, 0.3) is 0 Å². The van der Waals surface area contributed by atoms with Crippen LogP contribution in [0.3, 0.4) is 0 Å². The topological polar surface area (TPSA) is 52.0 Å². The lowest BCUT2D eigenvalue weighted by Crippen LogP contribution is -3.00. The van der Waals surface area contributed by atoms with Crippen LogP contribution in [0, 0.1) is 0 Å². The number of hydrogen-bond donors (Lipinski definition) is 2. The first-order chi connectivity index (χ1) is 1.91. The van der Waals surface area contributed by atoms with E-state index >= 15 is 0 Å². The van der Waals surface area contributed by atoms with Crippen LogP contribution < -0.4 is 36.3 Å². The lowest BCUT2D eigenvalue weighted by Gasteiger charge is -1.72. The summed E-state index contributed by atoms with van der Waals surface area (Å²) in [4.78, 5) is 0. The zero-order chi connectivity index (χ0) is 3.41. The molecule has 42 valence electrons. The van der Waals surface area contributed by atoms with Gasteiger partial charge in [-0.1, -0.05) is 0 Å². The van der Waals surface area contributed by atoms with E-state index in [4.69, 9.17) is 11.5 Å². The molecule has 0 aliphatic carbocycles. The summed E-state index contributed by atoms with van der Waals surface area (Å²) in [6.07, 6.45) is 0. The Labute approximate surface area is 53.1 Å². The van der Waals surface area contributed by atoms with Crippen molar-refractivity contribution in [3.05, 3.63) is 0 Å². The summed E-state index contributed by atoms with van der Waals surface area (Å²) in [5.74, 6) is 0. The van der Waals surface area contributed by atoms with Gasteiger partial charge in [-0.05, 0) is 0 Å². The molecule has 2 nitrogen and oxygen atoms in total. The molecule has 0 fully saturated rings. The molecule has 0 saturated carbocycles. The Bertz CT molecular complexity index is 18.0. The van der Waals surface area contributed by atoms with Gasteiger partial charge in [0.15, 0.2) is 0 Å². The molecule has 4 heteroatoms. The normalized spacial score (nSPS) is 5.00. The van der Waals surface area contributed by atoms with Gasteiger partial charge in [0, 0.05) is 13.1 Å². The Morgan fingerprint density at radius 3 is 1.17 bits per heavy atom. The van der Waals surface area contributed by atoms with Crippen molar-refractivity contribution in [2.45, 2.75) is 0 Å². The van der Waals surface area contributed by atoms with Crippen molar-refractivity contribution in [2.75, 3.05) is 13.1 Å². The lowest BCUT2D eigenvalue weighted by molar-refractivity contribution is -0.00100. The van der Waals surface area contributed by atoms with E-state index in [1.165, 1.54) is 0 Å². The van der Waals surface area contributed by atoms with E-state index in [2.05, 4.69) is 0 Å². The van der Waals surface area contributed by atoms with Crippen LogP contribution in [-0.4, -0.2) is 13.1 Å². The van der Waals surface area contributed by atoms with E-state index in [0.717, 1.165) is 0 Å². The molecular weight excluding hydrogens is 123 g/mol. The molecule has 0 rings (SSSR count). The molecule has 0 aromatic rings. The van der Waals surface area contributed by atoms with Crippen molar-refractivity contribution >= 4 is 0 Å². The third-order valence-electron chi connectivity index (χ3n) is 0.167. The molecule has 0 aromatic heterocycles. The van der Waals surface area contributed by atoms with Gasteiger partial charge in [-0.3, -0.25) is 0 Å². The summed E-state index contributed by atoms with van der Waals surface area (Å²) in [5.41, 5.74) is 9.81. The van der Waals surface area contributed by atoms with Crippen LogP contribution in [0.5, 0.6) is 0 Å². The highest BCUT2D eigenvalue weighted by atomic mass is 35.5. The molecule has 0 spiro atoms. The van der Waals surface area contributed by atoms with Gasteiger partial charge in [0.2, 0.25) is 0 Å². The molecular formula is C2H10Cl2N2. The quantitative estimate of drug-likeness (QED) is 0.373. The van der Waals surface area contributed by atoms with E-state index in [9.17, 15) is 0 Å². The van der Waals surface area contributed by atoms with E-state index in [-0.39, 0.29) is 27.7 Å². The highest BCUT2D eigenvalue weighted by Gasteiger charge is 1.54. The average molecular weight is 133 g/mol. The standard InChI is InChI=1S/C2H8N2.2ClH/c3-1-2-4;;/h1-4H2;2*1H. The molecule has 0 bridgehead atoms. The van der Waals surface area contributed by atoms with Crippen LogP contribution in [0.4, 0.5) is 0 Å². The average Bonchev–Trinajstić information content (AvgIpc) is 1.37. The van der Waals surface area contributed by atoms with Crippen molar-refractivity contribution in [3.63, 3.8) is 0 Å². The summed E-state index contributed by atoms with van der Waals surface area (Å²) in [5, 5.41) is 0. The molecule has 0 aliphatic rings. The lowest BCUT2D eigenvalue weighted by atomic mass is 10.7. The van der Waals surface area contributed by atoms with E-state index in [1.54, 1.807) is 0 Å². The van der Waals surface area contributed by atoms with Crippen molar-refractivity contribution in [3.8, 4) is 0 Å². The smallest absolute Gasteiger partial charge is 1.00 e. The maximum absolute atomic E-state index is 4.90. The molecule has 0 aromatic carbocycles. The minimum Gasteiger partial charge on any atom is -1.00 e. The maximum atomic E-state index is 4.90. The van der Waals surface area contributed by atoms with Gasteiger partial charge in [-0.2, -0.15) is 0 Å². The highest BCUT2D eigenvalue weighted by Crippen LogP contribution is 1.24. The van der Waals surface area contributed by atoms with Crippen LogP contribution in [0.25, 0.3) is 0 Å². The fourth-order valence-electron chi connectivity index (χ4n) is 0. The molecule has 0 amide bonds. The Morgan fingerprint density at radius 1 is 1.00 bits per heavy atom. The number of rotatable bonds is 1. The van der Waals surface area contributed by atoms with E-state index in [1.807, 2.05) is 0 Å². The summed E-state index contributed by atoms with van der Waals surface area (Å²) in [6, 6.07) is 0. The predicted molar refractivity (Wildman–Crippen MR) is 20.3 cm³/mol. The van der Waals surface area contributed by atoms with Gasteiger partial charge in [-0.25, -0.2) is 0 Å². The molecule has 4 N–H and O–H groups in total. The Kier molecular flexibility index (Phi) is 47.7. The van der Waals surface area contributed by atoms with E-state index in [0.29, 0.717) is 13.1 Å². The molecule has 0 unspecified atom stereocenters. The highest BCUT2D eigenvalue weighted by molar-refractivity contribution is 4.26. The zero-order valence-corrected chi connectivity index (χ0v) is 4.84. The van der Waals surface area contributed by atoms with Crippen molar-refractivity contribution in [2.24, 2.45) is 11.5 Å². The maximum Gasteiger partial charge on any atom is 1.00 e. The third-order valence-corrected chi connectivity index (χ3v) is 0.167. The van der Waals surface area contributed by atoms with Crippen LogP contribution in [0.15, 0.2) is 0 Å². The first kappa shape index (κ1) is 16.1.